The smallest absolute Gasteiger partial charge is 0.319 e. The van der Waals surface area contributed by atoms with Crippen LogP contribution in [0.15, 0.2) is 59.3 Å². The second-order valence-corrected chi connectivity index (χ2v) is 4.72. The minimum Gasteiger partial charge on any atom is -0.423 e. The van der Waals surface area contributed by atoms with E-state index >= 15 is 0 Å². The van der Waals surface area contributed by atoms with Crippen molar-refractivity contribution in [2.45, 2.75) is 6.54 Å². The molecule has 3 aromatic rings. The molecule has 0 aliphatic rings. The number of nitrogens with one attached hydrogen (secondary N) is 2. The number of anilines is 1. The van der Waals surface area contributed by atoms with Gasteiger partial charge in [0.05, 0.1) is 0 Å². The van der Waals surface area contributed by atoms with Gasteiger partial charge < -0.3 is 15.1 Å². The molecule has 2 N–H and O–H groups in total. The monoisotopic (exact) mass is 312 g/mol. The Hall–Kier alpha value is -3.22. The van der Waals surface area contributed by atoms with Crippen LogP contribution in [0.5, 0.6) is 0 Å². The lowest BCUT2D eigenvalue weighted by molar-refractivity contribution is 0.251. The molecule has 2 amide bonds. The molecule has 0 atom stereocenters. The van der Waals surface area contributed by atoms with Crippen LogP contribution < -0.4 is 10.6 Å². The highest BCUT2D eigenvalue weighted by molar-refractivity contribution is 5.89. The van der Waals surface area contributed by atoms with Crippen molar-refractivity contribution >= 4 is 11.7 Å². The molecule has 6 nitrogen and oxygen atoms in total. The van der Waals surface area contributed by atoms with Crippen LogP contribution in [0.25, 0.3) is 11.5 Å². The fourth-order valence-corrected chi connectivity index (χ4v) is 2.02. The van der Waals surface area contributed by atoms with Crippen molar-refractivity contribution in [2.75, 3.05) is 5.32 Å². The molecule has 3 rings (SSSR count). The summed E-state index contributed by atoms with van der Waals surface area (Å²) in [6.07, 6.45) is 1.23. The minimum atomic E-state index is -0.434. The first-order valence-corrected chi connectivity index (χ1v) is 6.87. The largest absolute Gasteiger partial charge is 0.423 e. The Balaban J connectivity index is 1.62. The number of rotatable bonds is 4. The highest BCUT2D eigenvalue weighted by Gasteiger charge is 2.07. The van der Waals surface area contributed by atoms with Crippen LogP contribution in [-0.2, 0) is 6.54 Å². The van der Waals surface area contributed by atoms with Gasteiger partial charge in [-0.2, -0.15) is 0 Å². The number of urea groups is 1. The van der Waals surface area contributed by atoms with Crippen LogP contribution in [0.2, 0.25) is 0 Å². The third-order valence-electron chi connectivity index (χ3n) is 3.12. The van der Waals surface area contributed by atoms with Gasteiger partial charge >= 0.3 is 6.03 Å². The summed E-state index contributed by atoms with van der Waals surface area (Å²) >= 11 is 0. The van der Waals surface area contributed by atoms with Crippen LogP contribution in [-0.4, -0.2) is 16.2 Å². The average Bonchev–Trinajstić information content (AvgIpc) is 3.09. The Kier molecular flexibility index (Phi) is 4.28. The van der Waals surface area contributed by atoms with Gasteiger partial charge in [0.2, 0.25) is 12.3 Å². The number of hydrogen-bond acceptors (Lipinski definition) is 4. The molecule has 0 spiro atoms. The van der Waals surface area contributed by atoms with Crippen molar-refractivity contribution in [1.82, 2.24) is 15.5 Å². The van der Waals surface area contributed by atoms with Crippen LogP contribution in [0.3, 0.4) is 0 Å². The minimum absolute atomic E-state index is 0.0991. The first-order chi connectivity index (χ1) is 11.2. The SMILES string of the molecule is O=C(NCc1ccccc1F)Nc1cccc(-c2nnco2)c1. The normalized spacial score (nSPS) is 10.3. The maximum atomic E-state index is 13.5. The van der Waals surface area contributed by atoms with E-state index in [2.05, 4.69) is 20.8 Å². The maximum Gasteiger partial charge on any atom is 0.319 e. The summed E-state index contributed by atoms with van der Waals surface area (Å²) in [6, 6.07) is 12.8. The molecule has 2 aromatic carbocycles. The lowest BCUT2D eigenvalue weighted by atomic mass is 10.2. The third kappa shape index (κ3) is 3.70. The summed E-state index contributed by atoms with van der Waals surface area (Å²) in [5, 5.41) is 12.7. The Morgan fingerprint density at radius 1 is 1.17 bits per heavy atom. The quantitative estimate of drug-likeness (QED) is 0.775. The van der Waals surface area contributed by atoms with Gasteiger partial charge in [0.25, 0.3) is 0 Å². The standard InChI is InChI=1S/C16H13FN4O2/c17-14-7-2-1-4-12(14)9-18-16(22)20-13-6-3-5-11(8-13)15-21-19-10-23-15/h1-8,10H,9H2,(H2,18,20,22). The number of halogens is 1. The van der Waals surface area contributed by atoms with Crippen LogP contribution in [0.4, 0.5) is 14.9 Å². The fraction of sp³-hybridized carbons (Fsp3) is 0.0625. The zero-order valence-corrected chi connectivity index (χ0v) is 12.0. The number of aromatic nitrogens is 2. The highest BCUT2D eigenvalue weighted by Crippen LogP contribution is 2.20. The van der Waals surface area contributed by atoms with E-state index in [1.54, 1.807) is 42.5 Å². The van der Waals surface area contributed by atoms with E-state index in [1.807, 2.05) is 0 Å². The molecule has 0 fully saturated rings. The Morgan fingerprint density at radius 3 is 2.83 bits per heavy atom. The van der Waals surface area contributed by atoms with Crippen molar-refractivity contribution in [3.8, 4) is 11.5 Å². The lowest BCUT2D eigenvalue weighted by Gasteiger charge is -2.09. The van der Waals surface area contributed by atoms with E-state index in [9.17, 15) is 9.18 Å². The molecule has 1 aromatic heterocycles. The van der Waals surface area contributed by atoms with E-state index in [0.717, 1.165) is 0 Å². The summed E-state index contributed by atoms with van der Waals surface area (Å²) in [7, 11) is 0. The molecule has 0 bridgehead atoms. The van der Waals surface area contributed by atoms with Crippen LogP contribution in [0.1, 0.15) is 5.56 Å². The topological polar surface area (TPSA) is 80.0 Å². The zero-order chi connectivity index (χ0) is 16.1. The first kappa shape index (κ1) is 14.7. The first-order valence-electron chi connectivity index (χ1n) is 6.87. The van der Waals surface area contributed by atoms with Gasteiger partial charge in [0.1, 0.15) is 5.82 Å². The summed E-state index contributed by atoms with van der Waals surface area (Å²) < 4.78 is 18.6. The van der Waals surface area contributed by atoms with E-state index in [4.69, 9.17) is 4.42 Å². The summed E-state index contributed by atoms with van der Waals surface area (Å²) in [5.74, 6) is 0.00612. The van der Waals surface area contributed by atoms with Gasteiger partial charge in [0, 0.05) is 23.4 Å². The highest BCUT2D eigenvalue weighted by atomic mass is 19.1. The maximum absolute atomic E-state index is 13.5. The van der Waals surface area contributed by atoms with Crippen molar-refractivity contribution in [1.29, 1.82) is 0 Å². The molecular formula is C16H13FN4O2. The van der Waals surface area contributed by atoms with Gasteiger partial charge in [-0.15, -0.1) is 10.2 Å². The predicted molar refractivity (Wildman–Crippen MR) is 82.0 cm³/mol. The van der Waals surface area contributed by atoms with Gasteiger partial charge in [-0.3, -0.25) is 0 Å². The van der Waals surface area contributed by atoms with E-state index in [1.165, 1.54) is 12.5 Å². The number of hydrogen-bond donors (Lipinski definition) is 2. The molecule has 0 aliphatic heterocycles. The molecule has 23 heavy (non-hydrogen) atoms. The van der Waals surface area contributed by atoms with Crippen LogP contribution >= 0.6 is 0 Å². The van der Waals surface area contributed by atoms with Crippen molar-refractivity contribution in [3.63, 3.8) is 0 Å². The van der Waals surface area contributed by atoms with Gasteiger partial charge in [-0.05, 0) is 24.3 Å². The zero-order valence-electron chi connectivity index (χ0n) is 12.0. The molecule has 0 radical (unpaired) electrons. The number of benzene rings is 2. The molecule has 0 unspecified atom stereocenters. The van der Waals surface area contributed by atoms with Crippen molar-refractivity contribution in [2.24, 2.45) is 0 Å². The summed E-state index contributed by atoms with van der Waals surface area (Å²) in [6.45, 7) is 0.0991. The number of carbonyl (C=O) groups is 1. The van der Waals surface area contributed by atoms with Gasteiger partial charge in [-0.25, -0.2) is 9.18 Å². The number of amides is 2. The van der Waals surface area contributed by atoms with E-state index < -0.39 is 6.03 Å². The molecule has 0 saturated heterocycles. The van der Waals surface area contributed by atoms with Gasteiger partial charge in [-0.1, -0.05) is 24.3 Å². The van der Waals surface area contributed by atoms with E-state index in [0.29, 0.717) is 22.7 Å². The summed E-state index contributed by atoms with van der Waals surface area (Å²) in [5.41, 5.74) is 1.67. The number of nitrogens with zero attached hydrogens (tertiary/aromatic N) is 2. The fourth-order valence-electron chi connectivity index (χ4n) is 2.02. The lowest BCUT2D eigenvalue weighted by Crippen LogP contribution is -2.28. The second-order valence-electron chi connectivity index (χ2n) is 4.72. The predicted octanol–water partition coefficient (Wildman–Crippen LogP) is 3.20. The second kappa shape index (κ2) is 6.69. The molecule has 0 saturated carbocycles. The Labute approximate surface area is 131 Å². The van der Waals surface area contributed by atoms with Crippen LogP contribution in [0, 0.1) is 5.82 Å². The van der Waals surface area contributed by atoms with E-state index in [-0.39, 0.29) is 12.4 Å². The Morgan fingerprint density at radius 2 is 2.04 bits per heavy atom. The molecule has 116 valence electrons. The Bertz CT molecular complexity index is 805. The van der Waals surface area contributed by atoms with Gasteiger partial charge in [0.15, 0.2) is 0 Å². The third-order valence-corrected chi connectivity index (χ3v) is 3.12. The number of carbonyl (C=O) groups excluding carboxylic acids is 1. The molecule has 7 heteroatoms. The van der Waals surface area contributed by atoms with Crippen molar-refractivity contribution < 1.29 is 13.6 Å². The summed E-state index contributed by atoms with van der Waals surface area (Å²) in [4.78, 5) is 11.9. The molecule has 1 heterocycles. The van der Waals surface area contributed by atoms with Crippen molar-refractivity contribution in [3.05, 3.63) is 66.3 Å². The average molecular weight is 312 g/mol. The molecule has 0 aliphatic carbocycles. The molecular weight excluding hydrogens is 299 g/mol.